The number of hydrogen-bond donors (Lipinski definition) is 0. The normalized spacial score (nSPS) is 10.2. The van der Waals surface area contributed by atoms with Crippen LogP contribution < -0.4 is 9.47 Å². The van der Waals surface area contributed by atoms with Crippen LogP contribution in [0.1, 0.15) is 30.8 Å². The number of aromatic nitrogens is 1. The maximum absolute atomic E-state index is 9.03. The standard InChI is InChI=1S/C16H18N2O2S/c1-4-8-20-13-7-6-12(9-14(13)19-5-2)16-18-11(3)15(10-17)21-16/h6-7,9H,4-5,8H2,1-3H3. The largest absolute Gasteiger partial charge is 0.490 e. The lowest BCUT2D eigenvalue weighted by atomic mass is 10.2. The number of nitrogens with zero attached hydrogens (tertiary/aromatic N) is 2. The molecule has 2 aromatic rings. The Balaban J connectivity index is 2.36. The Bertz CT molecular complexity index is 659. The fraction of sp³-hybridized carbons (Fsp3) is 0.375. The topological polar surface area (TPSA) is 55.1 Å². The molecule has 110 valence electrons. The third kappa shape index (κ3) is 3.53. The summed E-state index contributed by atoms with van der Waals surface area (Å²) in [5.41, 5.74) is 1.71. The lowest BCUT2D eigenvalue weighted by Gasteiger charge is -2.12. The van der Waals surface area contributed by atoms with E-state index >= 15 is 0 Å². The molecule has 0 saturated carbocycles. The van der Waals surface area contributed by atoms with Crippen molar-refractivity contribution < 1.29 is 9.47 Å². The molecule has 4 nitrogen and oxygen atoms in total. The van der Waals surface area contributed by atoms with Crippen LogP contribution in [0.25, 0.3) is 10.6 Å². The number of aryl methyl sites for hydroxylation is 1. The second-order valence-corrected chi connectivity index (χ2v) is 5.49. The molecule has 0 saturated heterocycles. The van der Waals surface area contributed by atoms with Crippen LogP contribution in [0, 0.1) is 18.3 Å². The molecule has 1 heterocycles. The van der Waals surface area contributed by atoms with E-state index in [0.717, 1.165) is 34.2 Å². The van der Waals surface area contributed by atoms with E-state index < -0.39 is 0 Å². The first-order valence-electron chi connectivity index (χ1n) is 6.97. The highest BCUT2D eigenvalue weighted by Gasteiger charge is 2.12. The fourth-order valence-corrected chi connectivity index (χ4v) is 2.72. The first-order chi connectivity index (χ1) is 10.2. The number of hydrogen-bond acceptors (Lipinski definition) is 5. The Morgan fingerprint density at radius 2 is 2.05 bits per heavy atom. The summed E-state index contributed by atoms with van der Waals surface area (Å²) in [6.45, 7) is 7.09. The molecular formula is C16H18N2O2S. The van der Waals surface area contributed by atoms with Gasteiger partial charge >= 0.3 is 0 Å². The van der Waals surface area contributed by atoms with Crippen LogP contribution >= 0.6 is 11.3 Å². The molecule has 0 unspecified atom stereocenters. The van der Waals surface area contributed by atoms with Gasteiger partial charge in [0.2, 0.25) is 0 Å². The van der Waals surface area contributed by atoms with Gasteiger partial charge in [-0.05, 0) is 38.5 Å². The fourth-order valence-electron chi connectivity index (χ4n) is 1.86. The molecule has 0 amide bonds. The Labute approximate surface area is 129 Å². The molecule has 5 heteroatoms. The lowest BCUT2D eigenvalue weighted by Crippen LogP contribution is -2.00. The highest BCUT2D eigenvalue weighted by atomic mass is 32.1. The van der Waals surface area contributed by atoms with Gasteiger partial charge in [-0.2, -0.15) is 5.26 Å². The van der Waals surface area contributed by atoms with Crippen LogP contribution in [0.3, 0.4) is 0 Å². The van der Waals surface area contributed by atoms with E-state index in [-0.39, 0.29) is 0 Å². The van der Waals surface area contributed by atoms with E-state index in [9.17, 15) is 0 Å². The average Bonchev–Trinajstić information content (AvgIpc) is 2.87. The number of benzene rings is 1. The molecule has 0 N–H and O–H groups in total. The molecular weight excluding hydrogens is 284 g/mol. The second-order valence-electron chi connectivity index (χ2n) is 4.49. The van der Waals surface area contributed by atoms with Crippen molar-refractivity contribution in [2.75, 3.05) is 13.2 Å². The van der Waals surface area contributed by atoms with Gasteiger partial charge in [-0.1, -0.05) is 6.92 Å². The Kier molecular flexibility index (Phi) is 5.18. The van der Waals surface area contributed by atoms with Crippen molar-refractivity contribution >= 4 is 11.3 Å². The van der Waals surface area contributed by atoms with Gasteiger partial charge in [0.05, 0.1) is 18.9 Å². The quantitative estimate of drug-likeness (QED) is 0.803. The third-order valence-electron chi connectivity index (χ3n) is 2.85. The molecule has 1 aromatic heterocycles. The minimum absolute atomic E-state index is 0.576. The number of thiazole rings is 1. The maximum atomic E-state index is 9.03. The van der Waals surface area contributed by atoms with Crippen molar-refractivity contribution in [1.82, 2.24) is 4.98 Å². The van der Waals surface area contributed by atoms with E-state index in [4.69, 9.17) is 14.7 Å². The summed E-state index contributed by atoms with van der Waals surface area (Å²) in [6.07, 6.45) is 0.949. The Morgan fingerprint density at radius 3 is 2.67 bits per heavy atom. The number of rotatable bonds is 6. The van der Waals surface area contributed by atoms with E-state index in [2.05, 4.69) is 18.0 Å². The zero-order valence-corrected chi connectivity index (χ0v) is 13.3. The lowest BCUT2D eigenvalue weighted by molar-refractivity contribution is 0.277. The molecule has 0 radical (unpaired) electrons. The minimum atomic E-state index is 0.576. The van der Waals surface area contributed by atoms with Gasteiger partial charge in [0, 0.05) is 5.56 Å². The van der Waals surface area contributed by atoms with Gasteiger partial charge in [-0.3, -0.25) is 0 Å². The summed E-state index contributed by atoms with van der Waals surface area (Å²) in [5, 5.41) is 9.86. The zero-order chi connectivity index (χ0) is 15.2. The smallest absolute Gasteiger partial charge is 0.161 e. The minimum Gasteiger partial charge on any atom is -0.490 e. The molecule has 0 fully saturated rings. The van der Waals surface area contributed by atoms with Gasteiger partial charge in [-0.15, -0.1) is 11.3 Å². The summed E-state index contributed by atoms with van der Waals surface area (Å²) >= 11 is 1.39. The molecule has 0 atom stereocenters. The Morgan fingerprint density at radius 1 is 1.24 bits per heavy atom. The van der Waals surface area contributed by atoms with Crippen molar-refractivity contribution in [3.8, 4) is 28.1 Å². The van der Waals surface area contributed by atoms with Crippen molar-refractivity contribution in [3.63, 3.8) is 0 Å². The van der Waals surface area contributed by atoms with E-state index in [1.165, 1.54) is 11.3 Å². The molecule has 0 aliphatic carbocycles. The van der Waals surface area contributed by atoms with Crippen LogP contribution in [0.15, 0.2) is 18.2 Å². The van der Waals surface area contributed by atoms with Gasteiger partial charge in [0.1, 0.15) is 16.0 Å². The number of nitriles is 1. The third-order valence-corrected chi connectivity index (χ3v) is 3.96. The van der Waals surface area contributed by atoms with E-state index in [1.807, 2.05) is 32.0 Å². The highest BCUT2D eigenvalue weighted by Crippen LogP contribution is 2.35. The molecule has 2 rings (SSSR count). The number of ether oxygens (including phenoxy) is 2. The van der Waals surface area contributed by atoms with Crippen LogP contribution in [0.2, 0.25) is 0 Å². The predicted octanol–water partition coefficient (Wildman–Crippen LogP) is 4.18. The van der Waals surface area contributed by atoms with Crippen LogP contribution in [-0.4, -0.2) is 18.2 Å². The molecule has 21 heavy (non-hydrogen) atoms. The predicted molar refractivity (Wildman–Crippen MR) is 84.0 cm³/mol. The first kappa shape index (κ1) is 15.3. The molecule has 1 aromatic carbocycles. The molecule has 0 spiro atoms. The molecule has 0 aliphatic heterocycles. The SMILES string of the molecule is CCCOc1ccc(-c2nc(C)c(C#N)s2)cc1OCC. The zero-order valence-electron chi connectivity index (χ0n) is 12.5. The Hall–Kier alpha value is -2.06. The first-order valence-corrected chi connectivity index (χ1v) is 7.78. The van der Waals surface area contributed by atoms with Gasteiger partial charge in [-0.25, -0.2) is 4.98 Å². The van der Waals surface area contributed by atoms with Crippen molar-refractivity contribution in [1.29, 1.82) is 5.26 Å². The summed E-state index contributed by atoms with van der Waals surface area (Å²) in [5.74, 6) is 1.46. The van der Waals surface area contributed by atoms with Crippen LogP contribution in [0.4, 0.5) is 0 Å². The maximum Gasteiger partial charge on any atom is 0.161 e. The van der Waals surface area contributed by atoms with Gasteiger partial charge in [0.25, 0.3) is 0 Å². The van der Waals surface area contributed by atoms with Crippen LogP contribution in [0.5, 0.6) is 11.5 Å². The van der Waals surface area contributed by atoms with Gasteiger partial charge in [0.15, 0.2) is 11.5 Å². The van der Waals surface area contributed by atoms with Crippen molar-refractivity contribution in [2.24, 2.45) is 0 Å². The summed E-state index contributed by atoms with van der Waals surface area (Å²) in [7, 11) is 0. The second kappa shape index (κ2) is 7.09. The van der Waals surface area contributed by atoms with E-state index in [0.29, 0.717) is 18.1 Å². The highest BCUT2D eigenvalue weighted by molar-refractivity contribution is 7.15. The van der Waals surface area contributed by atoms with Gasteiger partial charge < -0.3 is 9.47 Å². The summed E-state index contributed by atoms with van der Waals surface area (Å²) in [6, 6.07) is 7.94. The monoisotopic (exact) mass is 302 g/mol. The molecule has 0 aliphatic rings. The molecule has 0 bridgehead atoms. The average molecular weight is 302 g/mol. The summed E-state index contributed by atoms with van der Waals surface area (Å²) in [4.78, 5) is 5.09. The van der Waals surface area contributed by atoms with Crippen molar-refractivity contribution in [2.45, 2.75) is 27.2 Å². The van der Waals surface area contributed by atoms with Crippen molar-refractivity contribution in [3.05, 3.63) is 28.8 Å². The summed E-state index contributed by atoms with van der Waals surface area (Å²) < 4.78 is 11.3. The van der Waals surface area contributed by atoms with E-state index in [1.54, 1.807) is 0 Å². The van der Waals surface area contributed by atoms with Crippen LogP contribution in [-0.2, 0) is 0 Å².